The third-order valence-electron chi connectivity index (χ3n) is 9.03. The highest BCUT2D eigenvalue weighted by Crippen LogP contribution is 2.84. The maximum absolute atomic E-state index is 13.4. The Morgan fingerprint density at radius 3 is 2.27 bits per heavy atom. The van der Waals surface area contributed by atoms with Gasteiger partial charge < -0.3 is 34.3 Å². The highest BCUT2D eigenvalue weighted by Gasteiger charge is 3.02. The molecule has 0 bridgehead atoms. The van der Waals surface area contributed by atoms with E-state index in [-0.39, 0.29) is 12.3 Å². The third-order valence-corrected chi connectivity index (χ3v) is 9.03. The minimum Gasteiger partial charge on any atom is -0.459 e. The lowest BCUT2D eigenvalue weighted by molar-refractivity contribution is -0.258. The first-order valence-corrected chi connectivity index (χ1v) is 10.2. The molecule has 2 saturated carbocycles. The summed E-state index contributed by atoms with van der Waals surface area (Å²) in [6, 6.07) is 0. The molecule has 2 spiro atoms. The summed E-state index contributed by atoms with van der Waals surface area (Å²) >= 11 is 0. The molecule has 10 nitrogen and oxygen atoms in total. The van der Waals surface area contributed by atoms with E-state index in [1.807, 2.05) is 20.8 Å². The Kier molecular flexibility index (Phi) is 2.88. The molecule has 6 rings (SSSR count). The summed E-state index contributed by atoms with van der Waals surface area (Å²) < 4.78 is 22.5. The van der Waals surface area contributed by atoms with Crippen LogP contribution in [-0.4, -0.2) is 74.6 Å². The lowest BCUT2D eigenvalue weighted by Crippen LogP contribution is -2.72. The fraction of sp³-hybridized carbons (Fsp3) is 0.850. The number of hydrogen-bond acceptors (Lipinski definition) is 10. The predicted octanol–water partition coefficient (Wildman–Crippen LogP) is -1.23. The first kappa shape index (κ1) is 19.0. The van der Waals surface area contributed by atoms with Crippen LogP contribution in [0.25, 0.3) is 0 Å². The van der Waals surface area contributed by atoms with Gasteiger partial charge >= 0.3 is 17.9 Å². The number of hydrogen-bond donors (Lipinski definition) is 3. The standard InChI is InChI=1S/C20H24O10/c1-15(2,3)7-5-8-17-6-9-19(26,16(4,25)12(23)28-9)20(17,13(24)27-8)30-14-18(7,17)10(21)11(22)29-14/h7-10,14,21,25-26H,5-6H2,1-4H3/t7-,8?,9?,10-,14?,16-,17+,18?,19-,20?/m0/s1. The molecule has 4 saturated heterocycles. The van der Waals surface area contributed by atoms with Gasteiger partial charge in [0.05, 0.1) is 10.8 Å². The zero-order chi connectivity index (χ0) is 21.9. The van der Waals surface area contributed by atoms with Crippen LogP contribution in [0.5, 0.6) is 0 Å². The van der Waals surface area contributed by atoms with E-state index in [1.165, 1.54) is 0 Å². The SMILES string of the molecule is CC(C)(C)[C@@H]1CC2OC(=O)C34OC5OC(=O)[C@H](O)C51[C@@]23CC1OC(=O)[C@](C)(O)[C@@]14O. The fourth-order valence-electron chi connectivity index (χ4n) is 8.07. The Morgan fingerprint density at radius 1 is 1.00 bits per heavy atom. The van der Waals surface area contributed by atoms with Crippen LogP contribution in [0.4, 0.5) is 0 Å². The number of rotatable bonds is 0. The summed E-state index contributed by atoms with van der Waals surface area (Å²) in [6.45, 7) is 6.91. The fourth-order valence-corrected chi connectivity index (χ4v) is 8.07. The minimum atomic E-state index is -2.47. The second-order valence-corrected chi connectivity index (χ2v) is 10.9. The largest absolute Gasteiger partial charge is 0.459 e. The minimum absolute atomic E-state index is 0.113. The van der Waals surface area contributed by atoms with E-state index < -0.39 is 75.6 Å². The average molecular weight is 424 g/mol. The van der Waals surface area contributed by atoms with Crippen molar-refractivity contribution in [3.05, 3.63) is 0 Å². The molecule has 164 valence electrons. The van der Waals surface area contributed by atoms with Crippen LogP contribution in [0.1, 0.15) is 40.5 Å². The van der Waals surface area contributed by atoms with Gasteiger partial charge in [-0.05, 0) is 24.7 Å². The van der Waals surface area contributed by atoms with Crippen molar-refractivity contribution in [3.8, 4) is 0 Å². The van der Waals surface area contributed by atoms with E-state index in [9.17, 15) is 29.7 Å². The molecule has 4 heterocycles. The molecule has 4 aliphatic heterocycles. The number of fused-ring (bicyclic) bond motifs is 1. The van der Waals surface area contributed by atoms with Gasteiger partial charge in [0, 0.05) is 6.42 Å². The average Bonchev–Trinajstić information content (AvgIpc) is 3.31. The zero-order valence-corrected chi connectivity index (χ0v) is 17.0. The number of aliphatic hydroxyl groups is 3. The van der Waals surface area contributed by atoms with E-state index >= 15 is 0 Å². The van der Waals surface area contributed by atoms with Gasteiger partial charge in [-0.2, -0.15) is 0 Å². The van der Waals surface area contributed by atoms with E-state index in [1.54, 1.807) is 0 Å². The van der Waals surface area contributed by atoms with Crippen molar-refractivity contribution < 1.29 is 48.7 Å². The van der Waals surface area contributed by atoms with Gasteiger partial charge in [0.25, 0.3) is 0 Å². The maximum atomic E-state index is 13.4. The summed E-state index contributed by atoms with van der Waals surface area (Å²) in [7, 11) is 0. The summed E-state index contributed by atoms with van der Waals surface area (Å²) in [4.78, 5) is 38.3. The quantitative estimate of drug-likeness (QED) is 0.319. The molecule has 0 aromatic carbocycles. The van der Waals surface area contributed by atoms with Crippen molar-refractivity contribution >= 4 is 17.9 Å². The molecule has 0 radical (unpaired) electrons. The predicted molar refractivity (Wildman–Crippen MR) is 92.1 cm³/mol. The molecule has 0 aromatic heterocycles. The van der Waals surface area contributed by atoms with Crippen molar-refractivity contribution in [2.75, 3.05) is 0 Å². The number of carbonyl (C=O) groups excluding carboxylic acids is 3. The maximum Gasteiger partial charge on any atom is 0.343 e. The lowest BCUT2D eigenvalue weighted by Gasteiger charge is -2.47. The lowest BCUT2D eigenvalue weighted by atomic mass is 9.51. The second kappa shape index (κ2) is 4.55. The Bertz CT molecular complexity index is 936. The van der Waals surface area contributed by atoms with E-state index in [0.29, 0.717) is 6.42 Å². The van der Waals surface area contributed by atoms with Gasteiger partial charge in [-0.1, -0.05) is 20.8 Å². The van der Waals surface area contributed by atoms with Gasteiger partial charge in [0.1, 0.15) is 12.2 Å². The molecule has 3 N–H and O–H groups in total. The van der Waals surface area contributed by atoms with Crippen molar-refractivity contribution in [1.82, 2.24) is 0 Å². The Labute approximate surface area is 171 Å². The summed E-state index contributed by atoms with van der Waals surface area (Å²) in [6.07, 6.45) is -4.85. The Morgan fingerprint density at radius 2 is 1.63 bits per heavy atom. The molecule has 0 amide bonds. The van der Waals surface area contributed by atoms with Crippen molar-refractivity contribution in [3.63, 3.8) is 0 Å². The van der Waals surface area contributed by atoms with Gasteiger partial charge in [-0.3, -0.25) is 0 Å². The normalized spacial score (nSPS) is 60.1. The topological polar surface area (TPSA) is 149 Å². The number of aliphatic hydroxyl groups excluding tert-OH is 1. The van der Waals surface area contributed by atoms with E-state index in [4.69, 9.17) is 18.9 Å². The number of carbonyl (C=O) groups is 3. The van der Waals surface area contributed by atoms with Crippen molar-refractivity contribution in [2.24, 2.45) is 22.2 Å². The Hall–Kier alpha value is -1.75. The molecular weight excluding hydrogens is 400 g/mol. The summed E-state index contributed by atoms with van der Waals surface area (Å²) in [5.41, 5.74) is -10.5. The Balaban J connectivity index is 1.70. The van der Waals surface area contributed by atoms with Crippen LogP contribution < -0.4 is 0 Å². The van der Waals surface area contributed by atoms with Crippen molar-refractivity contribution in [1.29, 1.82) is 0 Å². The van der Waals surface area contributed by atoms with Gasteiger partial charge in [-0.15, -0.1) is 0 Å². The molecule has 0 aromatic rings. The van der Waals surface area contributed by atoms with Crippen molar-refractivity contribution in [2.45, 2.75) is 81.9 Å². The summed E-state index contributed by atoms with van der Waals surface area (Å²) in [5, 5.41) is 34.1. The third kappa shape index (κ3) is 1.33. The molecule has 30 heavy (non-hydrogen) atoms. The highest BCUT2D eigenvalue weighted by molar-refractivity contribution is 5.95. The number of ether oxygens (including phenoxy) is 4. The van der Waals surface area contributed by atoms with E-state index in [0.717, 1.165) is 6.92 Å². The molecular formula is C20H24O10. The summed E-state index contributed by atoms with van der Waals surface area (Å²) in [5.74, 6) is -3.28. The highest BCUT2D eigenvalue weighted by atomic mass is 16.8. The molecule has 5 unspecified atom stereocenters. The first-order valence-electron chi connectivity index (χ1n) is 10.2. The molecule has 6 aliphatic rings. The smallest absolute Gasteiger partial charge is 0.343 e. The zero-order valence-electron chi connectivity index (χ0n) is 17.0. The van der Waals surface area contributed by atoms with Crippen LogP contribution in [-0.2, 0) is 33.3 Å². The van der Waals surface area contributed by atoms with Crippen LogP contribution in [0, 0.1) is 22.2 Å². The molecule has 6 fully saturated rings. The van der Waals surface area contributed by atoms with Crippen LogP contribution in [0.3, 0.4) is 0 Å². The van der Waals surface area contributed by atoms with Crippen LogP contribution in [0.15, 0.2) is 0 Å². The van der Waals surface area contributed by atoms with E-state index in [2.05, 4.69) is 0 Å². The second-order valence-electron chi connectivity index (χ2n) is 10.9. The van der Waals surface area contributed by atoms with Crippen LogP contribution in [0.2, 0.25) is 0 Å². The number of esters is 3. The molecule has 10 heteroatoms. The monoisotopic (exact) mass is 424 g/mol. The van der Waals surface area contributed by atoms with Gasteiger partial charge in [-0.25, -0.2) is 14.4 Å². The van der Waals surface area contributed by atoms with Gasteiger partial charge in [0.15, 0.2) is 17.3 Å². The first-order chi connectivity index (χ1) is 13.7. The van der Waals surface area contributed by atoms with Crippen LogP contribution >= 0.6 is 0 Å². The molecule has 2 aliphatic carbocycles. The molecule has 10 atom stereocenters. The van der Waals surface area contributed by atoms with Gasteiger partial charge in [0.2, 0.25) is 11.9 Å².